The molecule has 2 rings (SSSR count). The number of hydrogen-bond donors (Lipinski definition) is 0. The molecule has 1 saturated heterocycles. The van der Waals surface area contributed by atoms with Crippen LogP contribution in [0.25, 0.3) is 0 Å². The van der Waals surface area contributed by atoms with E-state index in [0.29, 0.717) is 5.92 Å². The van der Waals surface area contributed by atoms with E-state index in [4.69, 9.17) is 0 Å². The lowest BCUT2D eigenvalue weighted by Gasteiger charge is -2.23. The highest BCUT2D eigenvalue weighted by Gasteiger charge is 2.26. The summed E-state index contributed by atoms with van der Waals surface area (Å²) in [7, 11) is 0. The van der Waals surface area contributed by atoms with Crippen LogP contribution in [0.15, 0.2) is 30.3 Å². The molecule has 2 heteroatoms. The molecule has 2 atom stereocenters. The lowest BCUT2D eigenvalue weighted by Crippen LogP contribution is -2.28. The molecule has 0 aliphatic carbocycles. The maximum absolute atomic E-state index is 3.68. The van der Waals surface area contributed by atoms with Gasteiger partial charge >= 0.3 is 0 Å². The first-order valence-corrected chi connectivity index (χ1v) is 8.16. The van der Waals surface area contributed by atoms with Crippen molar-refractivity contribution in [2.75, 3.05) is 25.0 Å². The van der Waals surface area contributed by atoms with Gasteiger partial charge in [-0.25, -0.2) is 0 Å². The van der Waals surface area contributed by atoms with Gasteiger partial charge in [0.05, 0.1) is 0 Å². The van der Waals surface area contributed by atoms with Crippen molar-refractivity contribution in [1.29, 1.82) is 0 Å². The minimum atomic E-state index is 0.622. The molecule has 0 spiro atoms. The van der Waals surface area contributed by atoms with Gasteiger partial charge in [0.2, 0.25) is 0 Å². The lowest BCUT2D eigenvalue weighted by atomic mass is 9.95. The first-order chi connectivity index (χ1) is 8.70. The van der Waals surface area contributed by atoms with Gasteiger partial charge in [0.1, 0.15) is 0 Å². The molecule has 1 aliphatic heterocycles. The predicted molar refractivity (Wildman–Crippen MR) is 82.4 cm³/mol. The zero-order chi connectivity index (χ0) is 13.0. The second-order valence-electron chi connectivity index (χ2n) is 5.81. The van der Waals surface area contributed by atoms with Crippen LogP contribution in [0.5, 0.6) is 0 Å². The van der Waals surface area contributed by atoms with Crippen molar-refractivity contribution in [2.45, 2.75) is 26.2 Å². The molecule has 1 nitrogen and oxygen atoms in total. The Balaban J connectivity index is 1.92. The number of alkyl halides is 1. The maximum Gasteiger partial charge on any atom is 0.0112 e. The fourth-order valence-electron chi connectivity index (χ4n) is 2.85. The van der Waals surface area contributed by atoms with Gasteiger partial charge in [-0.05, 0) is 30.4 Å². The molecule has 18 heavy (non-hydrogen) atoms. The summed E-state index contributed by atoms with van der Waals surface area (Å²) < 4.78 is 0. The largest absolute Gasteiger partial charge is 0.302 e. The molecule has 1 aromatic carbocycles. The van der Waals surface area contributed by atoms with E-state index < -0.39 is 0 Å². The monoisotopic (exact) mass is 309 g/mol. The van der Waals surface area contributed by atoms with Gasteiger partial charge in [-0.2, -0.15) is 0 Å². The molecule has 0 bridgehead atoms. The molecular formula is C16H24BrN. The summed E-state index contributed by atoms with van der Waals surface area (Å²) in [5.41, 5.74) is 1.46. The zero-order valence-electron chi connectivity index (χ0n) is 11.5. The fourth-order valence-corrected chi connectivity index (χ4v) is 3.43. The summed E-state index contributed by atoms with van der Waals surface area (Å²) >= 11 is 3.68. The number of hydrogen-bond acceptors (Lipinski definition) is 1. The first-order valence-electron chi connectivity index (χ1n) is 7.04. The highest BCUT2D eigenvalue weighted by molar-refractivity contribution is 9.09. The number of likely N-dealkylation sites (tertiary alicyclic amines) is 1. The van der Waals surface area contributed by atoms with Crippen LogP contribution in [0.4, 0.5) is 0 Å². The number of rotatable bonds is 5. The normalized spacial score (nSPS) is 22.6. The Bertz CT molecular complexity index is 349. The molecule has 0 radical (unpaired) electrons. The number of halogens is 1. The summed E-state index contributed by atoms with van der Waals surface area (Å²) in [6.07, 6.45) is 1.38. The molecule has 1 aromatic rings. The number of nitrogens with zero attached hydrogens (tertiary/aromatic N) is 1. The van der Waals surface area contributed by atoms with Crippen LogP contribution in [0, 0.1) is 11.8 Å². The second kappa shape index (κ2) is 6.72. The topological polar surface area (TPSA) is 3.24 Å². The van der Waals surface area contributed by atoms with E-state index in [1.165, 1.54) is 31.6 Å². The van der Waals surface area contributed by atoms with E-state index in [9.17, 15) is 0 Å². The van der Waals surface area contributed by atoms with E-state index in [1.54, 1.807) is 0 Å². The molecule has 0 amide bonds. The van der Waals surface area contributed by atoms with Crippen molar-refractivity contribution in [3.8, 4) is 0 Å². The summed E-state index contributed by atoms with van der Waals surface area (Å²) in [6, 6.07) is 10.9. The average Bonchev–Trinajstić information content (AvgIpc) is 2.86. The van der Waals surface area contributed by atoms with Gasteiger partial charge in [0, 0.05) is 24.3 Å². The molecule has 100 valence electrons. The van der Waals surface area contributed by atoms with Crippen molar-refractivity contribution in [1.82, 2.24) is 4.90 Å². The van der Waals surface area contributed by atoms with Crippen molar-refractivity contribution in [3.63, 3.8) is 0 Å². The van der Waals surface area contributed by atoms with Crippen LogP contribution in [0.1, 0.15) is 31.7 Å². The SMILES string of the molecule is CC(C)C1CCN(CC(CBr)c2ccccc2)C1. The van der Waals surface area contributed by atoms with Crippen molar-refractivity contribution in [3.05, 3.63) is 35.9 Å². The Labute approximate surface area is 120 Å². The third-order valence-electron chi connectivity index (χ3n) is 4.19. The molecule has 1 aliphatic rings. The second-order valence-corrected chi connectivity index (χ2v) is 6.46. The quantitative estimate of drug-likeness (QED) is 0.739. The summed E-state index contributed by atoms with van der Waals surface area (Å²) in [6.45, 7) is 8.46. The van der Waals surface area contributed by atoms with E-state index >= 15 is 0 Å². The van der Waals surface area contributed by atoms with Crippen LogP contribution in [0.2, 0.25) is 0 Å². The Morgan fingerprint density at radius 3 is 2.56 bits per heavy atom. The van der Waals surface area contributed by atoms with E-state index in [1.807, 2.05) is 0 Å². The van der Waals surface area contributed by atoms with Crippen molar-refractivity contribution in [2.24, 2.45) is 11.8 Å². The smallest absolute Gasteiger partial charge is 0.0112 e. The Kier molecular flexibility index (Phi) is 5.25. The third kappa shape index (κ3) is 3.58. The van der Waals surface area contributed by atoms with Gasteiger partial charge in [-0.3, -0.25) is 0 Å². The molecule has 1 fully saturated rings. The molecule has 0 saturated carbocycles. The molecule has 2 unspecified atom stereocenters. The summed E-state index contributed by atoms with van der Waals surface area (Å²) in [5.74, 6) is 2.35. The van der Waals surface area contributed by atoms with Gasteiger partial charge in [0.25, 0.3) is 0 Å². The van der Waals surface area contributed by atoms with Crippen molar-refractivity contribution >= 4 is 15.9 Å². The Morgan fingerprint density at radius 2 is 2.00 bits per heavy atom. The predicted octanol–water partition coefficient (Wildman–Crippen LogP) is 4.14. The van der Waals surface area contributed by atoms with Gasteiger partial charge in [0.15, 0.2) is 0 Å². The Hall–Kier alpha value is -0.340. The zero-order valence-corrected chi connectivity index (χ0v) is 13.1. The lowest BCUT2D eigenvalue weighted by molar-refractivity contribution is 0.292. The molecule has 1 heterocycles. The Morgan fingerprint density at radius 1 is 1.28 bits per heavy atom. The molecular weight excluding hydrogens is 286 g/mol. The van der Waals surface area contributed by atoms with E-state index in [-0.39, 0.29) is 0 Å². The maximum atomic E-state index is 3.68. The minimum Gasteiger partial charge on any atom is -0.302 e. The van der Waals surface area contributed by atoms with Crippen LogP contribution < -0.4 is 0 Å². The number of benzene rings is 1. The van der Waals surface area contributed by atoms with Gasteiger partial charge < -0.3 is 4.90 Å². The first kappa shape index (κ1) is 14.1. The van der Waals surface area contributed by atoms with Crippen LogP contribution >= 0.6 is 15.9 Å². The molecule has 0 aromatic heterocycles. The van der Waals surface area contributed by atoms with Crippen LogP contribution in [-0.4, -0.2) is 29.9 Å². The van der Waals surface area contributed by atoms with Crippen molar-refractivity contribution < 1.29 is 0 Å². The van der Waals surface area contributed by atoms with Gasteiger partial charge in [-0.15, -0.1) is 0 Å². The highest BCUT2D eigenvalue weighted by Crippen LogP contribution is 2.27. The van der Waals surface area contributed by atoms with E-state index in [2.05, 4.69) is 65.0 Å². The highest BCUT2D eigenvalue weighted by atomic mass is 79.9. The van der Waals surface area contributed by atoms with E-state index in [0.717, 1.165) is 17.2 Å². The van der Waals surface area contributed by atoms with Crippen LogP contribution in [0.3, 0.4) is 0 Å². The van der Waals surface area contributed by atoms with Gasteiger partial charge in [-0.1, -0.05) is 60.1 Å². The fraction of sp³-hybridized carbons (Fsp3) is 0.625. The average molecular weight is 310 g/mol. The molecule has 0 N–H and O–H groups in total. The third-order valence-corrected chi connectivity index (χ3v) is 4.97. The minimum absolute atomic E-state index is 0.622. The summed E-state index contributed by atoms with van der Waals surface area (Å²) in [5, 5.41) is 1.06. The standard InChI is InChI=1S/C16H24BrN/c1-13(2)15-8-9-18(11-15)12-16(10-17)14-6-4-3-5-7-14/h3-7,13,15-16H,8-12H2,1-2H3. The van der Waals surface area contributed by atoms with Crippen LogP contribution in [-0.2, 0) is 0 Å². The summed E-state index contributed by atoms with van der Waals surface area (Å²) in [4.78, 5) is 2.64.